The summed E-state index contributed by atoms with van der Waals surface area (Å²) in [6.45, 7) is 4.36. The molecule has 0 aliphatic heterocycles. The van der Waals surface area contributed by atoms with Gasteiger partial charge in [0.15, 0.2) is 12.9 Å². The maximum absolute atomic E-state index is 14.7. The zero-order valence-electron chi connectivity index (χ0n) is 18.8. The second-order valence-electron chi connectivity index (χ2n) is 8.18. The zero-order valence-corrected chi connectivity index (χ0v) is 19.7. The number of hydrogen-bond donors (Lipinski definition) is 1. The topological polar surface area (TPSA) is 98.5 Å². The van der Waals surface area contributed by atoms with Gasteiger partial charge in [-0.15, -0.1) is 5.10 Å². The van der Waals surface area contributed by atoms with E-state index in [1.54, 1.807) is 29.2 Å². The van der Waals surface area contributed by atoms with Gasteiger partial charge in [-0.05, 0) is 48.0 Å². The number of nitrogens with one attached hydrogen (secondary N) is 1. The van der Waals surface area contributed by atoms with Crippen LogP contribution < -0.4 is 10.4 Å². The van der Waals surface area contributed by atoms with E-state index >= 15 is 0 Å². The minimum atomic E-state index is -2.94. The lowest BCUT2D eigenvalue weighted by atomic mass is 10.1. The number of pyridine rings is 1. The first kappa shape index (κ1) is 22.3. The molecule has 0 saturated carbocycles. The first-order valence-electron chi connectivity index (χ1n) is 10.9. The Kier molecular flexibility index (Phi) is 5.89. The quantitative estimate of drug-likeness (QED) is 0.359. The fourth-order valence-corrected chi connectivity index (χ4v) is 5.59. The molecule has 0 bridgehead atoms. The average molecular weight is 475 g/mol. The Hall–Kier alpha value is -3.55. The number of aromatic nitrogens is 6. The maximum Gasteiger partial charge on any atom is 0.221 e. The molecule has 0 fully saturated rings. The molecule has 0 radical (unpaired) electrons. The van der Waals surface area contributed by atoms with Gasteiger partial charge in [-0.25, -0.2) is 19.0 Å². The normalized spacial score (nSPS) is 13.4. The third kappa shape index (κ3) is 4.44. The van der Waals surface area contributed by atoms with Crippen LogP contribution in [0.3, 0.4) is 0 Å². The Balaban J connectivity index is 1.40. The third-order valence-corrected chi connectivity index (χ3v) is 7.80. The van der Waals surface area contributed by atoms with Crippen molar-refractivity contribution in [1.82, 2.24) is 35.0 Å². The summed E-state index contributed by atoms with van der Waals surface area (Å²) in [5.41, 5.74) is 4.36. The molecule has 0 aliphatic rings. The van der Waals surface area contributed by atoms with E-state index in [1.807, 2.05) is 31.2 Å². The van der Waals surface area contributed by atoms with Crippen molar-refractivity contribution in [3.8, 4) is 0 Å². The predicted octanol–water partition coefficient (Wildman–Crippen LogP) is 3.69. The van der Waals surface area contributed by atoms with Gasteiger partial charge in [0.05, 0.1) is 29.3 Å². The zero-order chi connectivity index (χ0) is 23.7. The van der Waals surface area contributed by atoms with Crippen molar-refractivity contribution in [3.63, 3.8) is 0 Å². The van der Waals surface area contributed by atoms with Crippen LogP contribution in [0.1, 0.15) is 23.7 Å². The minimum Gasteiger partial charge on any atom is -0.302 e. The van der Waals surface area contributed by atoms with Crippen LogP contribution in [-0.4, -0.2) is 43.2 Å². The van der Waals surface area contributed by atoms with E-state index in [9.17, 15) is 8.96 Å². The Morgan fingerprint density at radius 2 is 1.94 bits per heavy atom. The lowest BCUT2D eigenvalue weighted by molar-refractivity contribution is 0.573. The summed E-state index contributed by atoms with van der Waals surface area (Å²) in [6.07, 6.45) is 3.77. The molecule has 10 heteroatoms. The van der Waals surface area contributed by atoms with E-state index < -0.39 is 13.1 Å². The largest absolute Gasteiger partial charge is 0.302 e. The van der Waals surface area contributed by atoms with Gasteiger partial charge in [-0.3, -0.25) is 10.1 Å². The highest BCUT2D eigenvalue weighted by molar-refractivity contribution is 7.69. The third-order valence-electron chi connectivity index (χ3n) is 5.59. The van der Waals surface area contributed by atoms with Gasteiger partial charge in [-0.1, -0.05) is 30.3 Å². The number of benzene rings is 2. The molecule has 0 amide bonds. The second-order valence-corrected chi connectivity index (χ2v) is 10.8. The fraction of sp³-hybridized carbons (Fsp3) is 0.208. The lowest BCUT2D eigenvalue weighted by Crippen LogP contribution is -2.21. The number of rotatable bonds is 7. The number of fused-ring (bicyclic) bond motifs is 2. The first-order chi connectivity index (χ1) is 16.4. The van der Waals surface area contributed by atoms with Gasteiger partial charge in [0.1, 0.15) is 5.82 Å². The summed E-state index contributed by atoms with van der Waals surface area (Å²) >= 11 is 0. The monoisotopic (exact) mass is 475 g/mol. The lowest BCUT2D eigenvalue weighted by Gasteiger charge is -2.15. The van der Waals surface area contributed by atoms with E-state index in [-0.39, 0.29) is 5.30 Å². The first-order valence-corrected chi connectivity index (χ1v) is 13.1. The molecule has 0 saturated heterocycles. The molecule has 0 aliphatic carbocycles. The van der Waals surface area contributed by atoms with Gasteiger partial charge < -0.3 is 4.57 Å². The molecule has 5 rings (SSSR count). The van der Waals surface area contributed by atoms with Crippen LogP contribution in [0.25, 0.3) is 22.2 Å². The highest BCUT2D eigenvalue weighted by atomic mass is 31.2. The Labute approximate surface area is 195 Å². The molecule has 1 N–H and O–H groups in total. The highest BCUT2D eigenvalue weighted by Crippen LogP contribution is 2.35. The Morgan fingerprint density at radius 1 is 1.09 bits per heavy atom. The molecular formula is C24H23FN7OP. The molecule has 172 valence electrons. The van der Waals surface area contributed by atoms with Crippen molar-refractivity contribution in [1.29, 1.82) is 0 Å². The standard InChI is InChI=1S/C24H23FN7OP/c1-3-28-34(2,33)22-9-7-16(13-20(22)25)12-19-14-27-23-24(29-19)32(31-30-23)15-17-6-8-21-18(11-17)5-4-10-26-21/h4-11,13-14H,3,12,15H2,1-2H3,(H,28,33). The minimum absolute atomic E-state index is 0.201. The van der Waals surface area contributed by atoms with Crippen molar-refractivity contribution in [2.75, 3.05) is 13.2 Å². The second kappa shape index (κ2) is 9.00. The summed E-state index contributed by atoms with van der Waals surface area (Å²) in [4.78, 5) is 13.4. The molecule has 1 unspecified atom stereocenters. The average Bonchev–Trinajstić information content (AvgIpc) is 3.21. The summed E-state index contributed by atoms with van der Waals surface area (Å²) in [7, 11) is -2.94. The number of nitrogens with zero attached hydrogens (tertiary/aromatic N) is 6. The van der Waals surface area contributed by atoms with Crippen LogP contribution >= 0.6 is 7.29 Å². The Bertz CT molecular complexity index is 1550. The van der Waals surface area contributed by atoms with Crippen LogP contribution in [-0.2, 0) is 17.5 Å². The molecule has 34 heavy (non-hydrogen) atoms. The van der Waals surface area contributed by atoms with Gasteiger partial charge in [0.2, 0.25) is 5.65 Å². The summed E-state index contributed by atoms with van der Waals surface area (Å²) in [6, 6.07) is 14.7. The van der Waals surface area contributed by atoms with Crippen LogP contribution in [0.2, 0.25) is 0 Å². The highest BCUT2D eigenvalue weighted by Gasteiger charge is 2.21. The Morgan fingerprint density at radius 3 is 2.76 bits per heavy atom. The smallest absolute Gasteiger partial charge is 0.221 e. The van der Waals surface area contributed by atoms with E-state index in [0.29, 0.717) is 42.1 Å². The number of halogens is 1. The molecule has 0 spiro atoms. The van der Waals surface area contributed by atoms with Crippen LogP contribution in [0, 0.1) is 5.82 Å². The van der Waals surface area contributed by atoms with E-state index in [4.69, 9.17) is 4.98 Å². The van der Waals surface area contributed by atoms with E-state index in [0.717, 1.165) is 16.5 Å². The van der Waals surface area contributed by atoms with Crippen LogP contribution in [0.15, 0.2) is 60.9 Å². The summed E-state index contributed by atoms with van der Waals surface area (Å²) < 4.78 is 29.1. The van der Waals surface area contributed by atoms with E-state index in [2.05, 4.69) is 31.4 Å². The van der Waals surface area contributed by atoms with Crippen LogP contribution in [0.5, 0.6) is 0 Å². The van der Waals surface area contributed by atoms with Crippen molar-refractivity contribution in [2.45, 2.75) is 19.9 Å². The van der Waals surface area contributed by atoms with Crippen molar-refractivity contribution >= 4 is 34.8 Å². The van der Waals surface area contributed by atoms with Gasteiger partial charge >= 0.3 is 0 Å². The van der Waals surface area contributed by atoms with Gasteiger partial charge in [-0.2, -0.15) is 0 Å². The molecular weight excluding hydrogens is 452 g/mol. The molecule has 5 aromatic rings. The van der Waals surface area contributed by atoms with Crippen LogP contribution in [0.4, 0.5) is 4.39 Å². The summed E-state index contributed by atoms with van der Waals surface area (Å²) in [5.74, 6) is -0.490. The van der Waals surface area contributed by atoms with Crippen molar-refractivity contribution in [3.05, 3.63) is 83.6 Å². The molecule has 1 atom stereocenters. The number of hydrogen-bond acceptors (Lipinski definition) is 6. The molecule has 3 heterocycles. The van der Waals surface area contributed by atoms with Gasteiger partial charge in [0.25, 0.3) is 0 Å². The molecule has 3 aromatic heterocycles. The molecule has 2 aromatic carbocycles. The molecule has 8 nitrogen and oxygen atoms in total. The predicted molar refractivity (Wildman–Crippen MR) is 130 cm³/mol. The van der Waals surface area contributed by atoms with Crippen molar-refractivity contribution in [2.24, 2.45) is 0 Å². The van der Waals surface area contributed by atoms with E-state index in [1.165, 1.54) is 12.7 Å². The summed E-state index contributed by atoms with van der Waals surface area (Å²) in [5, 5.41) is 12.5. The maximum atomic E-state index is 14.7. The van der Waals surface area contributed by atoms with Crippen molar-refractivity contribution < 1.29 is 8.96 Å². The fourth-order valence-electron chi connectivity index (χ4n) is 3.98. The van der Waals surface area contributed by atoms with Gasteiger partial charge in [0, 0.05) is 24.7 Å². The SMILES string of the molecule is CCNP(C)(=O)c1ccc(Cc2cnc3nnn(Cc4ccc5ncccc5c4)c3n2)cc1F.